The molecule has 0 saturated carbocycles. The Labute approximate surface area is 137 Å². The minimum absolute atomic E-state index is 0.163. The number of hydrogen-bond donors (Lipinski definition) is 1. The molecule has 0 unspecified atom stereocenters. The van der Waals surface area contributed by atoms with E-state index in [1.54, 1.807) is 24.3 Å². The van der Waals surface area contributed by atoms with Gasteiger partial charge < -0.3 is 15.0 Å². The van der Waals surface area contributed by atoms with Crippen LogP contribution in [0.2, 0.25) is 0 Å². The summed E-state index contributed by atoms with van der Waals surface area (Å²) in [4.78, 5) is 25.2. The minimum atomic E-state index is -0.854. The molecule has 0 aromatic heterocycles. The molecule has 0 atom stereocenters. The third kappa shape index (κ3) is 4.52. The Kier molecular flexibility index (Phi) is 5.47. The summed E-state index contributed by atoms with van der Waals surface area (Å²) >= 11 is 0. The molecule has 0 spiro atoms. The van der Waals surface area contributed by atoms with Crippen LogP contribution < -0.4 is 10.1 Å². The van der Waals surface area contributed by atoms with Crippen LogP contribution in [0.1, 0.15) is 10.4 Å². The number of nitrogens with zero attached hydrogens (tertiary/aromatic N) is 1. The third-order valence-electron chi connectivity index (χ3n) is 3.19. The van der Waals surface area contributed by atoms with Gasteiger partial charge in [0.05, 0.1) is 13.7 Å². The highest BCUT2D eigenvalue weighted by molar-refractivity contribution is 5.99. The maximum atomic E-state index is 13.2. The fraction of sp³-hybridized carbons (Fsp3) is 0.176. The molecule has 2 amide bonds. The molecule has 0 aliphatic heterocycles. The van der Waals surface area contributed by atoms with Crippen molar-refractivity contribution < 1.29 is 23.1 Å². The topological polar surface area (TPSA) is 58.6 Å². The molecule has 2 aromatic carbocycles. The smallest absolute Gasteiger partial charge is 0.254 e. The highest BCUT2D eigenvalue weighted by Gasteiger charge is 2.17. The molecule has 7 heteroatoms. The Bertz CT molecular complexity index is 745. The van der Waals surface area contributed by atoms with Crippen molar-refractivity contribution in [3.05, 3.63) is 59.7 Å². The van der Waals surface area contributed by atoms with Gasteiger partial charge in [-0.25, -0.2) is 8.78 Å². The number of likely N-dealkylation sites (N-methyl/N-ethyl adjacent to an activating group) is 1. The molecule has 5 nitrogen and oxygen atoms in total. The van der Waals surface area contributed by atoms with E-state index in [9.17, 15) is 18.4 Å². The number of rotatable bonds is 5. The van der Waals surface area contributed by atoms with E-state index in [-0.39, 0.29) is 12.1 Å². The quantitative estimate of drug-likeness (QED) is 0.915. The van der Waals surface area contributed by atoms with Crippen molar-refractivity contribution in [2.45, 2.75) is 0 Å². The molecule has 0 saturated heterocycles. The Balaban J connectivity index is 2.01. The predicted octanol–water partition coefficient (Wildman–Crippen LogP) is 2.68. The van der Waals surface area contributed by atoms with Crippen molar-refractivity contribution in [3.63, 3.8) is 0 Å². The van der Waals surface area contributed by atoms with Crippen molar-refractivity contribution in [2.24, 2.45) is 0 Å². The molecule has 0 fully saturated rings. The largest absolute Gasteiger partial charge is 0.497 e. The fourth-order valence-corrected chi connectivity index (χ4v) is 2.09. The fourth-order valence-electron chi connectivity index (χ4n) is 2.09. The average Bonchev–Trinajstić information content (AvgIpc) is 2.53. The second kappa shape index (κ2) is 7.54. The van der Waals surface area contributed by atoms with E-state index in [4.69, 9.17) is 4.74 Å². The first-order valence-corrected chi connectivity index (χ1v) is 7.04. The van der Waals surface area contributed by atoms with E-state index in [2.05, 4.69) is 5.32 Å². The molecule has 0 aliphatic carbocycles. The van der Waals surface area contributed by atoms with Crippen LogP contribution >= 0.6 is 0 Å². The van der Waals surface area contributed by atoms with Crippen LogP contribution in [0.25, 0.3) is 0 Å². The maximum Gasteiger partial charge on any atom is 0.254 e. The first-order valence-electron chi connectivity index (χ1n) is 7.04. The number of methoxy groups -OCH3 is 1. The summed E-state index contributed by atoms with van der Waals surface area (Å²) in [6, 6.07) is 9.24. The molecule has 126 valence electrons. The summed E-state index contributed by atoms with van der Waals surface area (Å²) < 4.78 is 31.4. The van der Waals surface area contributed by atoms with Crippen molar-refractivity contribution in [3.8, 4) is 5.75 Å². The Morgan fingerprint density at radius 2 is 1.79 bits per heavy atom. The van der Waals surface area contributed by atoms with Crippen molar-refractivity contribution >= 4 is 17.5 Å². The molecule has 0 aliphatic rings. The number of nitrogens with one attached hydrogen (secondary N) is 1. The number of amides is 2. The number of carbonyl (C=O) groups is 2. The Hall–Kier alpha value is -2.96. The van der Waals surface area contributed by atoms with Gasteiger partial charge in [-0.3, -0.25) is 9.59 Å². The highest BCUT2D eigenvalue weighted by Crippen LogP contribution is 2.16. The lowest BCUT2D eigenvalue weighted by molar-refractivity contribution is -0.116. The van der Waals surface area contributed by atoms with Gasteiger partial charge in [0.25, 0.3) is 5.91 Å². The maximum absolute atomic E-state index is 13.2. The van der Waals surface area contributed by atoms with Gasteiger partial charge in [-0.1, -0.05) is 6.07 Å². The lowest BCUT2D eigenvalue weighted by Gasteiger charge is -2.17. The zero-order valence-electron chi connectivity index (χ0n) is 13.2. The van der Waals surface area contributed by atoms with Crippen LogP contribution in [0.5, 0.6) is 5.75 Å². The molecule has 0 bridgehead atoms. The van der Waals surface area contributed by atoms with E-state index in [0.29, 0.717) is 17.5 Å². The summed E-state index contributed by atoms with van der Waals surface area (Å²) in [5.74, 6) is -2.24. The van der Waals surface area contributed by atoms with Gasteiger partial charge in [0.15, 0.2) is 0 Å². The van der Waals surface area contributed by atoms with Gasteiger partial charge in [0.2, 0.25) is 5.91 Å². The van der Waals surface area contributed by atoms with E-state index in [1.165, 1.54) is 14.2 Å². The second-order valence-corrected chi connectivity index (χ2v) is 5.10. The van der Waals surface area contributed by atoms with Gasteiger partial charge in [-0.05, 0) is 24.3 Å². The molecule has 0 radical (unpaired) electrons. The van der Waals surface area contributed by atoms with Crippen LogP contribution in [-0.4, -0.2) is 37.4 Å². The lowest BCUT2D eigenvalue weighted by atomic mass is 10.2. The van der Waals surface area contributed by atoms with Crippen molar-refractivity contribution in [1.29, 1.82) is 0 Å². The number of hydrogen-bond acceptors (Lipinski definition) is 3. The van der Waals surface area contributed by atoms with Gasteiger partial charge >= 0.3 is 0 Å². The number of anilines is 1. The van der Waals surface area contributed by atoms with E-state index in [1.807, 2.05) is 0 Å². The van der Waals surface area contributed by atoms with Crippen molar-refractivity contribution in [1.82, 2.24) is 4.90 Å². The van der Waals surface area contributed by atoms with Gasteiger partial charge in [-0.2, -0.15) is 0 Å². The molecule has 0 heterocycles. The normalized spacial score (nSPS) is 10.2. The second-order valence-electron chi connectivity index (χ2n) is 5.10. The highest BCUT2D eigenvalue weighted by atomic mass is 19.1. The van der Waals surface area contributed by atoms with E-state index >= 15 is 0 Å². The average molecular weight is 334 g/mol. The third-order valence-corrected chi connectivity index (χ3v) is 3.19. The van der Waals surface area contributed by atoms with Crippen LogP contribution in [0, 0.1) is 11.6 Å². The molecule has 1 N–H and O–H groups in total. The summed E-state index contributed by atoms with van der Waals surface area (Å²) in [5, 5.41) is 2.62. The van der Waals surface area contributed by atoms with Crippen LogP contribution in [0.3, 0.4) is 0 Å². The summed E-state index contributed by atoms with van der Waals surface area (Å²) in [7, 11) is 2.88. The van der Waals surface area contributed by atoms with Gasteiger partial charge in [0.1, 0.15) is 17.4 Å². The number of benzene rings is 2. The molecule has 2 rings (SSSR count). The van der Waals surface area contributed by atoms with Gasteiger partial charge in [0, 0.05) is 30.4 Å². The standard InChI is InChI=1S/C17H16F2N2O3/c1-21(17(23)11-6-12(18)8-13(19)7-11)10-16(22)20-14-4-3-5-15(9-14)24-2/h3-9H,10H2,1-2H3,(H,20,22). The zero-order valence-corrected chi connectivity index (χ0v) is 13.2. The number of carbonyl (C=O) groups excluding carboxylic acids is 2. The first kappa shape index (κ1) is 17.4. The minimum Gasteiger partial charge on any atom is -0.497 e. The van der Waals surface area contributed by atoms with Crippen LogP contribution in [0.15, 0.2) is 42.5 Å². The summed E-state index contributed by atoms with van der Waals surface area (Å²) in [5.41, 5.74) is 0.348. The summed E-state index contributed by atoms with van der Waals surface area (Å²) in [6.45, 7) is -0.270. The van der Waals surface area contributed by atoms with Gasteiger partial charge in [-0.15, -0.1) is 0 Å². The predicted molar refractivity (Wildman–Crippen MR) is 84.9 cm³/mol. The molecular formula is C17H16F2N2O3. The monoisotopic (exact) mass is 334 g/mol. The Morgan fingerprint density at radius 3 is 2.42 bits per heavy atom. The number of halogens is 2. The zero-order chi connectivity index (χ0) is 17.7. The summed E-state index contributed by atoms with van der Waals surface area (Å²) in [6.07, 6.45) is 0. The molecule has 24 heavy (non-hydrogen) atoms. The van der Waals surface area contributed by atoms with E-state index in [0.717, 1.165) is 17.0 Å². The molecular weight excluding hydrogens is 318 g/mol. The van der Waals surface area contributed by atoms with Crippen LogP contribution in [-0.2, 0) is 4.79 Å². The Morgan fingerprint density at radius 1 is 1.12 bits per heavy atom. The SMILES string of the molecule is COc1cccc(NC(=O)CN(C)C(=O)c2cc(F)cc(F)c2)c1. The van der Waals surface area contributed by atoms with Crippen LogP contribution in [0.4, 0.5) is 14.5 Å². The van der Waals surface area contributed by atoms with Crippen molar-refractivity contribution in [2.75, 3.05) is 26.0 Å². The van der Waals surface area contributed by atoms with E-state index < -0.39 is 23.4 Å². The lowest BCUT2D eigenvalue weighted by Crippen LogP contribution is -2.35. The number of ether oxygens (including phenoxy) is 1. The first-order chi connectivity index (χ1) is 11.4. The molecule has 2 aromatic rings.